The Morgan fingerprint density at radius 3 is 2.53 bits per heavy atom. The number of nitrogens with one attached hydrogen (secondary N) is 1. The van der Waals surface area contributed by atoms with Crippen LogP contribution in [0.3, 0.4) is 0 Å². The normalized spacial score (nSPS) is 14.7. The zero-order valence-electron chi connectivity index (χ0n) is 20.0. The zero-order valence-corrected chi connectivity index (χ0v) is 22.4. The van der Waals surface area contributed by atoms with Gasteiger partial charge in [0, 0.05) is 0 Å². The predicted octanol–water partition coefficient (Wildman–Crippen LogP) is 6.16. The van der Waals surface area contributed by atoms with Gasteiger partial charge in [0.05, 0.1) is 17.3 Å². The molecule has 0 aromatic heterocycles. The van der Waals surface area contributed by atoms with Crippen molar-refractivity contribution in [3.63, 3.8) is 0 Å². The summed E-state index contributed by atoms with van der Waals surface area (Å²) >= 11 is 8.73. The molecule has 190 valence electrons. The molecule has 1 N–H and O–H groups in total. The maximum absolute atomic E-state index is 13.4. The van der Waals surface area contributed by atoms with Gasteiger partial charge in [-0.1, -0.05) is 42.5 Å². The largest absolute Gasteiger partial charge is 0.493 e. The average molecular weight is 591 g/mol. The molecule has 38 heavy (non-hydrogen) atoms. The first-order chi connectivity index (χ1) is 18.4. The van der Waals surface area contributed by atoms with Crippen molar-refractivity contribution in [2.24, 2.45) is 0 Å². The van der Waals surface area contributed by atoms with Crippen molar-refractivity contribution < 1.29 is 23.5 Å². The Kier molecular flexibility index (Phi) is 7.22. The van der Waals surface area contributed by atoms with Gasteiger partial charge >= 0.3 is 0 Å². The Morgan fingerprint density at radius 2 is 1.76 bits per heavy atom. The molecule has 6 nitrogen and oxygen atoms in total. The van der Waals surface area contributed by atoms with Crippen molar-refractivity contribution in [3.8, 4) is 11.5 Å². The van der Waals surface area contributed by atoms with Gasteiger partial charge in [0.2, 0.25) is 0 Å². The first kappa shape index (κ1) is 25.6. The van der Waals surface area contributed by atoms with Crippen molar-refractivity contribution in [1.29, 1.82) is 0 Å². The monoisotopic (exact) mass is 590 g/mol. The van der Waals surface area contributed by atoms with E-state index in [0.717, 1.165) is 21.2 Å². The number of thiocarbonyl (C=S) groups is 1. The van der Waals surface area contributed by atoms with Gasteiger partial charge in [-0.2, -0.15) is 0 Å². The minimum atomic E-state index is -0.635. The summed E-state index contributed by atoms with van der Waals surface area (Å²) in [6.45, 7) is 0.307. The molecule has 4 aromatic rings. The average Bonchev–Trinajstić information content (AvgIpc) is 2.91. The van der Waals surface area contributed by atoms with E-state index < -0.39 is 17.6 Å². The van der Waals surface area contributed by atoms with Crippen LogP contribution < -0.4 is 19.7 Å². The van der Waals surface area contributed by atoms with Crippen molar-refractivity contribution in [3.05, 3.63) is 106 Å². The molecule has 0 radical (unpaired) electrons. The van der Waals surface area contributed by atoms with E-state index in [9.17, 15) is 14.0 Å². The van der Waals surface area contributed by atoms with E-state index in [1.54, 1.807) is 12.1 Å². The Bertz CT molecular complexity index is 1620. The third-order valence-electron chi connectivity index (χ3n) is 6.00. The minimum Gasteiger partial charge on any atom is -0.493 e. The fraction of sp³-hybridized carbons (Fsp3) is 0.0690. The lowest BCUT2D eigenvalue weighted by Gasteiger charge is -2.29. The molecule has 4 aromatic carbocycles. The van der Waals surface area contributed by atoms with E-state index in [1.165, 1.54) is 37.5 Å². The predicted molar refractivity (Wildman–Crippen MR) is 152 cm³/mol. The number of halogens is 2. The van der Waals surface area contributed by atoms with Gasteiger partial charge in [0.15, 0.2) is 16.6 Å². The van der Waals surface area contributed by atoms with Gasteiger partial charge in [-0.3, -0.25) is 19.8 Å². The molecule has 0 bridgehead atoms. The van der Waals surface area contributed by atoms with Gasteiger partial charge in [0.1, 0.15) is 18.0 Å². The van der Waals surface area contributed by atoms with Crippen LogP contribution in [-0.4, -0.2) is 24.0 Å². The lowest BCUT2D eigenvalue weighted by Crippen LogP contribution is -2.54. The van der Waals surface area contributed by atoms with Crippen LogP contribution in [0.2, 0.25) is 0 Å². The van der Waals surface area contributed by atoms with E-state index in [4.69, 9.17) is 21.7 Å². The highest BCUT2D eigenvalue weighted by atomic mass is 79.9. The minimum absolute atomic E-state index is 0.0836. The lowest BCUT2D eigenvalue weighted by atomic mass is 10.1. The quantitative estimate of drug-likeness (QED) is 0.165. The number of fused-ring (bicyclic) bond motifs is 1. The number of rotatable bonds is 6. The molecular weight excluding hydrogens is 571 g/mol. The van der Waals surface area contributed by atoms with Crippen molar-refractivity contribution in [1.82, 2.24) is 5.32 Å². The van der Waals surface area contributed by atoms with E-state index >= 15 is 0 Å². The van der Waals surface area contributed by atoms with E-state index in [2.05, 4.69) is 21.2 Å². The molecule has 0 aliphatic carbocycles. The molecule has 0 atom stereocenters. The second kappa shape index (κ2) is 10.7. The van der Waals surface area contributed by atoms with Crippen LogP contribution in [0.4, 0.5) is 10.1 Å². The van der Waals surface area contributed by atoms with Gasteiger partial charge in [-0.05, 0) is 92.5 Å². The molecule has 0 saturated carbocycles. The number of anilines is 1. The number of nitrogens with zero attached hydrogens (tertiary/aromatic N) is 1. The number of hydrogen-bond donors (Lipinski definition) is 1. The van der Waals surface area contributed by atoms with Crippen LogP contribution in [0.25, 0.3) is 16.8 Å². The third-order valence-corrected chi connectivity index (χ3v) is 6.87. The molecule has 1 aliphatic heterocycles. The summed E-state index contributed by atoms with van der Waals surface area (Å²) in [7, 11) is 1.51. The molecule has 0 unspecified atom stereocenters. The summed E-state index contributed by atoms with van der Waals surface area (Å²) in [4.78, 5) is 27.1. The van der Waals surface area contributed by atoms with E-state index in [0.29, 0.717) is 33.8 Å². The summed E-state index contributed by atoms with van der Waals surface area (Å²) in [5.74, 6) is -0.817. The third kappa shape index (κ3) is 5.03. The number of methoxy groups -OCH3 is 1. The molecule has 1 fully saturated rings. The van der Waals surface area contributed by atoms with Crippen molar-refractivity contribution >= 4 is 67.6 Å². The molecular formula is C29H20BrFN2O4S. The van der Waals surface area contributed by atoms with Crippen LogP contribution in [0.5, 0.6) is 11.5 Å². The summed E-state index contributed by atoms with van der Waals surface area (Å²) in [6.07, 6.45) is 1.44. The number of hydrogen-bond acceptors (Lipinski definition) is 5. The van der Waals surface area contributed by atoms with Crippen LogP contribution in [0.1, 0.15) is 11.1 Å². The Balaban J connectivity index is 1.44. The van der Waals surface area contributed by atoms with Crippen LogP contribution >= 0.6 is 28.1 Å². The van der Waals surface area contributed by atoms with E-state index in [1.807, 2.05) is 42.5 Å². The van der Waals surface area contributed by atoms with Crippen LogP contribution in [0.15, 0.2) is 88.9 Å². The zero-order chi connectivity index (χ0) is 26.8. The number of carbonyl (C=O) groups excluding carboxylic acids is 2. The summed E-state index contributed by atoms with van der Waals surface area (Å²) in [5.41, 5.74) is 1.74. The maximum atomic E-state index is 13.4. The van der Waals surface area contributed by atoms with Gasteiger partial charge < -0.3 is 9.47 Å². The second-order valence-corrected chi connectivity index (χ2v) is 9.64. The smallest absolute Gasteiger partial charge is 0.270 e. The molecule has 2 amide bonds. The Labute approximate surface area is 231 Å². The number of benzene rings is 4. The second-order valence-electron chi connectivity index (χ2n) is 8.40. The van der Waals surface area contributed by atoms with E-state index in [-0.39, 0.29) is 10.7 Å². The molecule has 1 aliphatic rings. The van der Waals surface area contributed by atoms with Gasteiger partial charge in [0.25, 0.3) is 11.8 Å². The van der Waals surface area contributed by atoms with Gasteiger partial charge in [-0.25, -0.2) is 4.39 Å². The first-order valence-electron chi connectivity index (χ1n) is 11.5. The topological polar surface area (TPSA) is 67.9 Å². The maximum Gasteiger partial charge on any atom is 0.270 e. The highest BCUT2D eigenvalue weighted by molar-refractivity contribution is 9.10. The highest BCUT2D eigenvalue weighted by Gasteiger charge is 2.34. The highest BCUT2D eigenvalue weighted by Crippen LogP contribution is 2.38. The summed E-state index contributed by atoms with van der Waals surface area (Å²) in [5, 5.41) is 4.65. The first-order valence-corrected chi connectivity index (χ1v) is 12.7. The standard InChI is InChI=1S/C29H20BrFN2O4S/c1-36-25-15-17(13-23-27(34)32-29(38)33(28(23)35)21-11-9-20(31)10-12-21)14-24(30)26(25)37-16-19-7-4-6-18-5-2-3-8-22(18)19/h2-15H,16H2,1H3,(H,32,34,38)/b23-13+. The summed E-state index contributed by atoms with van der Waals surface area (Å²) in [6, 6.07) is 22.7. The van der Waals surface area contributed by atoms with Crippen LogP contribution in [-0.2, 0) is 16.2 Å². The number of carbonyl (C=O) groups is 2. The van der Waals surface area contributed by atoms with Crippen molar-refractivity contribution in [2.45, 2.75) is 6.61 Å². The fourth-order valence-electron chi connectivity index (χ4n) is 4.18. The molecule has 1 heterocycles. The Hall–Kier alpha value is -4.08. The summed E-state index contributed by atoms with van der Waals surface area (Å²) < 4.78 is 25.7. The van der Waals surface area contributed by atoms with Gasteiger partial charge in [-0.15, -0.1) is 0 Å². The SMILES string of the molecule is COc1cc(/C=C2\C(=O)NC(=S)N(c3ccc(F)cc3)C2=O)cc(Br)c1OCc1cccc2ccccc12. The lowest BCUT2D eigenvalue weighted by molar-refractivity contribution is -0.122. The number of ether oxygens (including phenoxy) is 2. The Morgan fingerprint density at radius 1 is 1.03 bits per heavy atom. The molecule has 5 rings (SSSR count). The molecule has 1 saturated heterocycles. The number of amides is 2. The molecule has 0 spiro atoms. The fourth-order valence-corrected chi connectivity index (χ4v) is 5.04. The molecule has 9 heteroatoms. The van der Waals surface area contributed by atoms with Crippen molar-refractivity contribution in [2.75, 3.05) is 12.0 Å². The van der Waals surface area contributed by atoms with Crippen LogP contribution in [0, 0.1) is 5.82 Å².